The van der Waals surface area contributed by atoms with Crippen LogP contribution in [-0.4, -0.2) is 10.1 Å². The first kappa shape index (κ1) is 17.5. The van der Waals surface area contributed by atoms with E-state index < -0.39 is 0 Å². The Bertz CT molecular complexity index is 351. The van der Waals surface area contributed by atoms with Crippen molar-refractivity contribution in [2.24, 2.45) is 0 Å². The molecule has 1 nitrogen and oxygen atoms in total. The number of hydrogen-bond acceptors (Lipinski definition) is 2. The summed E-state index contributed by atoms with van der Waals surface area (Å²) in [6, 6.07) is 10.4. The van der Waals surface area contributed by atoms with Gasteiger partial charge in [-0.15, -0.1) is 0 Å². The van der Waals surface area contributed by atoms with Crippen LogP contribution in [0.4, 0.5) is 0 Å². The summed E-state index contributed by atoms with van der Waals surface area (Å²) in [5.41, 5.74) is 1.28. The van der Waals surface area contributed by atoms with Gasteiger partial charge in [0.2, 0.25) is 0 Å². The van der Waals surface area contributed by atoms with Crippen molar-refractivity contribution < 1.29 is 0 Å². The van der Waals surface area contributed by atoms with E-state index in [0.29, 0.717) is 0 Å². The van der Waals surface area contributed by atoms with E-state index in [1.54, 1.807) is 11.8 Å². The molecule has 0 aromatic heterocycles. The van der Waals surface area contributed by atoms with Crippen molar-refractivity contribution in [3.8, 4) is 0 Å². The summed E-state index contributed by atoms with van der Waals surface area (Å²) in [6.07, 6.45) is 9.53. The Morgan fingerprint density at radius 2 is 1.65 bits per heavy atom. The van der Waals surface area contributed by atoms with E-state index in [1.165, 1.54) is 50.5 Å². The number of rotatable bonds is 10. The van der Waals surface area contributed by atoms with Crippen molar-refractivity contribution in [3.63, 3.8) is 0 Å². The van der Waals surface area contributed by atoms with Crippen LogP contribution in [0.25, 0.3) is 0 Å². The molecule has 0 bridgehead atoms. The molecule has 0 atom stereocenters. The average Bonchev–Trinajstić information content (AvgIpc) is 2.49. The van der Waals surface area contributed by atoms with Gasteiger partial charge in [0.25, 0.3) is 0 Å². The fraction of sp³-hybridized carbons (Fsp3) is 0.588. The molecule has 112 valence electrons. The quantitative estimate of drug-likeness (QED) is 0.450. The number of unbranched alkanes of at least 4 members (excludes halogenated alkanes) is 6. The Morgan fingerprint density at radius 1 is 1.00 bits per heavy atom. The van der Waals surface area contributed by atoms with Gasteiger partial charge in [-0.25, -0.2) is 0 Å². The van der Waals surface area contributed by atoms with Gasteiger partial charge in [0.15, 0.2) is 0 Å². The molecule has 0 saturated heterocycles. The minimum atomic E-state index is 0.837. The number of benzene rings is 1. The standard InChI is InChI=1S/C17H27NS2/c1-2-3-4-5-6-7-11-14-20-17(19)18-15-16-12-9-8-10-13-16/h8-10,12-13H,2-7,11,14-15H2,1H3,(H,18,19). The van der Waals surface area contributed by atoms with Gasteiger partial charge < -0.3 is 5.32 Å². The molecular weight excluding hydrogens is 282 g/mol. The first-order valence-electron chi connectivity index (χ1n) is 7.77. The first-order chi connectivity index (χ1) is 9.83. The van der Waals surface area contributed by atoms with Gasteiger partial charge >= 0.3 is 0 Å². The summed E-state index contributed by atoms with van der Waals surface area (Å²) in [6.45, 7) is 3.10. The lowest BCUT2D eigenvalue weighted by Gasteiger charge is -2.07. The third kappa shape index (κ3) is 9.38. The smallest absolute Gasteiger partial charge is 0.134 e. The molecule has 1 rings (SSSR count). The lowest BCUT2D eigenvalue weighted by atomic mass is 10.1. The molecule has 0 aliphatic carbocycles. The van der Waals surface area contributed by atoms with Gasteiger partial charge in [-0.3, -0.25) is 0 Å². The molecule has 0 spiro atoms. The molecule has 0 fully saturated rings. The molecule has 0 aliphatic rings. The van der Waals surface area contributed by atoms with E-state index in [1.807, 2.05) is 6.07 Å². The van der Waals surface area contributed by atoms with Crippen LogP contribution >= 0.6 is 24.0 Å². The topological polar surface area (TPSA) is 12.0 Å². The highest BCUT2D eigenvalue weighted by Gasteiger charge is 1.98. The molecule has 0 saturated carbocycles. The Labute approximate surface area is 133 Å². The van der Waals surface area contributed by atoms with Crippen LogP contribution in [0.5, 0.6) is 0 Å². The van der Waals surface area contributed by atoms with E-state index in [4.69, 9.17) is 12.2 Å². The summed E-state index contributed by atoms with van der Waals surface area (Å²) in [4.78, 5) is 0. The van der Waals surface area contributed by atoms with Gasteiger partial charge in [-0.05, 0) is 12.0 Å². The normalized spacial score (nSPS) is 10.4. The van der Waals surface area contributed by atoms with Crippen LogP contribution in [-0.2, 0) is 6.54 Å². The van der Waals surface area contributed by atoms with E-state index >= 15 is 0 Å². The van der Waals surface area contributed by atoms with E-state index in [0.717, 1.165) is 16.6 Å². The highest BCUT2D eigenvalue weighted by molar-refractivity contribution is 8.22. The highest BCUT2D eigenvalue weighted by Crippen LogP contribution is 2.11. The number of thiocarbonyl (C=S) groups is 1. The maximum atomic E-state index is 5.34. The van der Waals surface area contributed by atoms with Gasteiger partial charge in [0, 0.05) is 12.3 Å². The molecule has 20 heavy (non-hydrogen) atoms. The molecule has 0 unspecified atom stereocenters. The van der Waals surface area contributed by atoms with Crippen LogP contribution in [0.15, 0.2) is 30.3 Å². The van der Waals surface area contributed by atoms with Crippen LogP contribution in [0.1, 0.15) is 57.4 Å². The monoisotopic (exact) mass is 309 g/mol. The first-order valence-corrected chi connectivity index (χ1v) is 9.17. The maximum Gasteiger partial charge on any atom is 0.134 e. The molecule has 0 amide bonds. The average molecular weight is 310 g/mol. The predicted octanol–water partition coefficient (Wildman–Crippen LogP) is 5.54. The molecule has 1 aromatic carbocycles. The Hall–Kier alpha value is -0.540. The SMILES string of the molecule is CCCCCCCCCSC(=S)NCc1ccccc1. The Balaban J connectivity index is 1.93. The van der Waals surface area contributed by atoms with Crippen molar-refractivity contribution in [3.05, 3.63) is 35.9 Å². The molecule has 3 heteroatoms. The molecule has 0 heterocycles. The van der Waals surface area contributed by atoms with Crippen molar-refractivity contribution in [1.82, 2.24) is 5.32 Å². The number of nitrogens with one attached hydrogen (secondary N) is 1. The van der Waals surface area contributed by atoms with Gasteiger partial charge in [-0.1, -0.05) is 99.8 Å². The zero-order valence-electron chi connectivity index (χ0n) is 12.6. The molecule has 0 aliphatic heterocycles. The lowest BCUT2D eigenvalue weighted by Crippen LogP contribution is -2.17. The fourth-order valence-electron chi connectivity index (χ4n) is 2.05. The van der Waals surface area contributed by atoms with Crippen LogP contribution in [0, 0.1) is 0 Å². The minimum absolute atomic E-state index is 0.837. The minimum Gasteiger partial charge on any atom is -0.367 e. The zero-order chi connectivity index (χ0) is 14.5. The van der Waals surface area contributed by atoms with Crippen molar-refractivity contribution in [2.45, 2.75) is 58.4 Å². The summed E-state index contributed by atoms with van der Waals surface area (Å²) in [5.74, 6) is 1.15. The van der Waals surface area contributed by atoms with Crippen molar-refractivity contribution in [1.29, 1.82) is 0 Å². The Morgan fingerprint density at radius 3 is 2.35 bits per heavy atom. The summed E-state index contributed by atoms with van der Waals surface area (Å²) >= 11 is 7.12. The largest absolute Gasteiger partial charge is 0.367 e. The predicted molar refractivity (Wildman–Crippen MR) is 96.3 cm³/mol. The second kappa shape index (κ2) is 12.2. The number of thioether (sulfide) groups is 1. The van der Waals surface area contributed by atoms with Gasteiger partial charge in [0.05, 0.1) is 0 Å². The van der Waals surface area contributed by atoms with E-state index in [2.05, 4.69) is 36.5 Å². The molecule has 0 radical (unpaired) electrons. The molecule has 1 N–H and O–H groups in total. The van der Waals surface area contributed by atoms with Crippen LogP contribution < -0.4 is 5.32 Å². The molecular formula is C17H27NS2. The lowest BCUT2D eigenvalue weighted by molar-refractivity contribution is 0.604. The zero-order valence-corrected chi connectivity index (χ0v) is 14.2. The second-order valence-electron chi connectivity index (χ2n) is 5.10. The highest BCUT2D eigenvalue weighted by atomic mass is 32.2. The van der Waals surface area contributed by atoms with Gasteiger partial charge in [-0.2, -0.15) is 0 Å². The summed E-state index contributed by atoms with van der Waals surface area (Å²) in [5, 5.41) is 3.31. The third-order valence-corrected chi connectivity index (χ3v) is 4.66. The summed E-state index contributed by atoms with van der Waals surface area (Å²) in [7, 11) is 0. The third-order valence-electron chi connectivity index (χ3n) is 3.26. The second-order valence-corrected chi connectivity index (χ2v) is 6.87. The fourth-order valence-corrected chi connectivity index (χ4v) is 3.08. The number of hydrogen-bond donors (Lipinski definition) is 1. The van der Waals surface area contributed by atoms with Crippen molar-refractivity contribution in [2.75, 3.05) is 5.75 Å². The summed E-state index contributed by atoms with van der Waals surface area (Å²) < 4.78 is 0.930. The van der Waals surface area contributed by atoms with Crippen LogP contribution in [0.2, 0.25) is 0 Å². The molecule has 1 aromatic rings. The van der Waals surface area contributed by atoms with Gasteiger partial charge in [0.1, 0.15) is 4.32 Å². The maximum absolute atomic E-state index is 5.34. The van der Waals surface area contributed by atoms with Crippen molar-refractivity contribution >= 4 is 28.3 Å². The Kier molecular flexibility index (Phi) is 10.7. The van der Waals surface area contributed by atoms with Crippen LogP contribution in [0.3, 0.4) is 0 Å². The van der Waals surface area contributed by atoms with E-state index in [9.17, 15) is 0 Å². The van der Waals surface area contributed by atoms with E-state index in [-0.39, 0.29) is 0 Å².